The summed E-state index contributed by atoms with van der Waals surface area (Å²) in [6, 6.07) is 7.87. The lowest BCUT2D eigenvalue weighted by Gasteiger charge is -2.05. The van der Waals surface area contributed by atoms with E-state index in [1.54, 1.807) is 7.11 Å². The monoisotopic (exact) mass is 202 g/mol. The fourth-order valence-corrected chi connectivity index (χ4v) is 1.48. The Bertz CT molecular complexity index is 457. The molecule has 0 fully saturated rings. The first kappa shape index (κ1) is 9.77. The number of ether oxygens (including phenoxy) is 1. The minimum Gasteiger partial charge on any atom is -0.497 e. The van der Waals surface area contributed by atoms with Crippen molar-refractivity contribution in [2.75, 3.05) is 7.11 Å². The van der Waals surface area contributed by atoms with Gasteiger partial charge in [0.25, 0.3) is 0 Å². The summed E-state index contributed by atoms with van der Waals surface area (Å²) in [5.74, 6) is 0.861. The summed E-state index contributed by atoms with van der Waals surface area (Å²) in [6.07, 6.45) is 1.87. The van der Waals surface area contributed by atoms with E-state index in [1.807, 2.05) is 35.1 Å². The highest BCUT2D eigenvalue weighted by atomic mass is 16.5. The average molecular weight is 202 g/mol. The van der Waals surface area contributed by atoms with Crippen LogP contribution in [0.5, 0.6) is 5.75 Å². The lowest BCUT2D eigenvalue weighted by atomic mass is 10.2. The van der Waals surface area contributed by atoms with Gasteiger partial charge in [-0.2, -0.15) is 5.10 Å². The molecular formula is C12H14N2O. The zero-order valence-corrected chi connectivity index (χ0v) is 9.19. The van der Waals surface area contributed by atoms with Gasteiger partial charge < -0.3 is 4.74 Å². The second-order valence-corrected chi connectivity index (χ2v) is 3.52. The molecule has 0 saturated heterocycles. The van der Waals surface area contributed by atoms with E-state index in [1.165, 1.54) is 11.3 Å². The van der Waals surface area contributed by atoms with Crippen molar-refractivity contribution in [2.45, 2.75) is 13.8 Å². The first-order valence-electron chi connectivity index (χ1n) is 4.88. The van der Waals surface area contributed by atoms with Crippen LogP contribution in [0.2, 0.25) is 0 Å². The topological polar surface area (TPSA) is 27.1 Å². The molecule has 0 atom stereocenters. The van der Waals surface area contributed by atoms with Crippen LogP contribution in [0.1, 0.15) is 11.3 Å². The summed E-state index contributed by atoms with van der Waals surface area (Å²) >= 11 is 0. The molecule has 3 nitrogen and oxygen atoms in total. The van der Waals surface area contributed by atoms with Crippen LogP contribution in [0, 0.1) is 13.8 Å². The van der Waals surface area contributed by atoms with E-state index in [0.29, 0.717) is 0 Å². The lowest BCUT2D eigenvalue weighted by Crippen LogP contribution is -1.98. The second kappa shape index (κ2) is 3.77. The maximum Gasteiger partial charge on any atom is 0.119 e. The number of aryl methyl sites for hydroxylation is 1. The molecule has 78 valence electrons. The van der Waals surface area contributed by atoms with Crippen molar-refractivity contribution in [2.24, 2.45) is 0 Å². The Kier molecular flexibility index (Phi) is 2.46. The van der Waals surface area contributed by atoms with Gasteiger partial charge in [0.15, 0.2) is 0 Å². The lowest BCUT2D eigenvalue weighted by molar-refractivity contribution is 0.414. The summed E-state index contributed by atoms with van der Waals surface area (Å²) < 4.78 is 7.04. The highest BCUT2D eigenvalue weighted by molar-refractivity contribution is 5.38. The molecule has 0 radical (unpaired) electrons. The summed E-state index contributed by atoms with van der Waals surface area (Å²) in [5.41, 5.74) is 3.42. The Morgan fingerprint density at radius 3 is 2.27 bits per heavy atom. The van der Waals surface area contributed by atoms with E-state index in [-0.39, 0.29) is 0 Å². The maximum absolute atomic E-state index is 5.11. The number of hydrogen-bond donors (Lipinski definition) is 0. The van der Waals surface area contributed by atoms with Gasteiger partial charge >= 0.3 is 0 Å². The molecular weight excluding hydrogens is 188 g/mol. The number of rotatable bonds is 2. The standard InChI is InChI=1S/C12H14N2O/c1-9-8-13-14(10(9)2)11-4-6-12(15-3)7-5-11/h4-8H,1-3H3. The van der Waals surface area contributed by atoms with Crippen molar-refractivity contribution in [3.63, 3.8) is 0 Å². The van der Waals surface area contributed by atoms with Gasteiger partial charge in [-0.05, 0) is 43.7 Å². The SMILES string of the molecule is COc1ccc(-n2ncc(C)c2C)cc1. The summed E-state index contributed by atoms with van der Waals surface area (Å²) in [7, 11) is 1.66. The Balaban J connectivity index is 2.41. The molecule has 0 aliphatic rings. The van der Waals surface area contributed by atoms with Crippen LogP contribution in [0.3, 0.4) is 0 Å². The zero-order valence-electron chi connectivity index (χ0n) is 9.19. The first-order valence-corrected chi connectivity index (χ1v) is 4.88. The number of benzene rings is 1. The molecule has 1 aromatic heterocycles. The predicted octanol–water partition coefficient (Wildman–Crippen LogP) is 2.50. The summed E-state index contributed by atoms with van der Waals surface area (Å²) in [4.78, 5) is 0. The molecule has 0 aliphatic heterocycles. The van der Waals surface area contributed by atoms with Crippen molar-refractivity contribution in [1.82, 2.24) is 9.78 Å². The van der Waals surface area contributed by atoms with Crippen LogP contribution in [0.25, 0.3) is 5.69 Å². The third-order valence-electron chi connectivity index (χ3n) is 2.57. The van der Waals surface area contributed by atoms with Crippen LogP contribution < -0.4 is 4.74 Å². The number of nitrogens with zero attached hydrogens (tertiary/aromatic N) is 2. The molecule has 1 heterocycles. The average Bonchev–Trinajstić information content (AvgIpc) is 2.60. The normalized spacial score (nSPS) is 10.3. The van der Waals surface area contributed by atoms with Crippen LogP contribution >= 0.6 is 0 Å². The first-order chi connectivity index (χ1) is 7.22. The minimum absolute atomic E-state index is 0.861. The Morgan fingerprint density at radius 1 is 1.13 bits per heavy atom. The van der Waals surface area contributed by atoms with Gasteiger partial charge in [-0.25, -0.2) is 4.68 Å². The van der Waals surface area contributed by atoms with Gasteiger partial charge in [-0.3, -0.25) is 0 Å². The highest BCUT2D eigenvalue weighted by Crippen LogP contribution is 2.17. The van der Waals surface area contributed by atoms with E-state index in [9.17, 15) is 0 Å². The minimum atomic E-state index is 0.861. The van der Waals surface area contributed by atoms with E-state index in [2.05, 4.69) is 18.9 Å². The van der Waals surface area contributed by atoms with Crippen LogP contribution in [0.4, 0.5) is 0 Å². The predicted molar refractivity (Wildman–Crippen MR) is 59.6 cm³/mol. The fourth-order valence-electron chi connectivity index (χ4n) is 1.48. The largest absolute Gasteiger partial charge is 0.497 e. The van der Waals surface area contributed by atoms with E-state index < -0.39 is 0 Å². The molecule has 15 heavy (non-hydrogen) atoms. The van der Waals surface area contributed by atoms with Gasteiger partial charge in [0.1, 0.15) is 5.75 Å². The molecule has 3 heteroatoms. The van der Waals surface area contributed by atoms with Crippen molar-refractivity contribution >= 4 is 0 Å². The fraction of sp³-hybridized carbons (Fsp3) is 0.250. The van der Waals surface area contributed by atoms with Gasteiger partial charge in [-0.1, -0.05) is 0 Å². The molecule has 0 aliphatic carbocycles. The smallest absolute Gasteiger partial charge is 0.119 e. The zero-order chi connectivity index (χ0) is 10.8. The third-order valence-corrected chi connectivity index (χ3v) is 2.57. The quantitative estimate of drug-likeness (QED) is 0.748. The number of hydrogen-bond acceptors (Lipinski definition) is 2. The molecule has 0 bridgehead atoms. The van der Waals surface area contributed by atoms with Crippen molar-refractivity contribution < 1.29 is 4.74 Å². The van der Waals surface area contributed by atoms with Gasteiger partial charge in [-0.15, -0.1) is 0 Å². The Labute approximate surface area is 89.3 Å². The van der Waals surface area contributed by atoms with Crippen molar-refractivity contribution in [1.29, 1.82) is 0 Å². The molecule has 2 aromatic rings. The third kappa shape index (κ3) is 1.73. The van der Waals surface area contributed by atoms with Gasteiger partial charge in [0.2, 0.25) is 0 Å². The maximum atomic E-state index is 5.11. The van der Waals surface area contributed by atoms with Crippen molar-refractivity contribution in [3.05, 3.63) is 41.7 Å². The molecule has 0 N–H and O–H groups in total. The molecule has 2 rings (SSSR count). The highest BCUT2D eigenvalue weighted by Gasteiger charge is 2.04. The second-order valence-electron chi connectivity index (χ2n) is 3.52. The molecule has 0 amide bonds. The van der Waals surface area contributed by atoms with E-state index in [0.717, 1.165) is 11.4 Å². The van der Waals surface area contributed by atoms with E-state index in [4.69, 9.17) is 4.74 Å². The van der Waals surface area contributed by atoms with Crippen LogP contribution in [0.15, 0.2) is 30.5 Å². The van der Waals surface area contributed by atoms with Gasteiger partial charge in [0, 0.05) is 5.69 Å². The van der Waals surface area contributed by atoms with E-state index >= 15 is 0 Å². The van der Waals surface area contributed by atoms with Crippen LogP contribution in [-0.2, 0) is 0 Å². The Hall–Kier alpha value is -1.77. The van der Waals surface area contributed by atoms with Gasteiger partial charge in [0.05, 0.1) is 19.0 Å². The number of aromatic nitrogens is 2. The molecule has 0 unspecified atom stereocenters. The Morgan fingerprint density at radius 2 is 1.80 bits per heavy atom. The molecule has 1 aromatic carbocycles. The summed E-state index contributed by atoms with van der Waals surface area (Å²) in [5, 5.41) is 4.32. The number of methoxy groups -OCH3 is 1. The van der Waals surface area contributed by atoms with Crippen LogP contribution in [-0.4, -0.2) is 16.9 Å². The molecule has 0 spiro atoms. The van der Waals surface area contributed by atoms with Crippen molar-refractivity contribution in [3.8, 4) is 11.4 Å². The molecule has 0 saturated carbocycles. The summed E-state index contributed by atoms with van der Waals surface area (Å²) in [6.45, 7) is 4.12.